The van der Waals surface area contributed by atoms with E-state index in [9.17, 15) is 4.79 Å². The lowest BCUT2D eigenvalue weighted by atomic mass is 10.0. The maximum Gasteiger partial charge on any atom is 0.236 e. The third kappa shape index (κ3) is 2.69. The number of hydrogen-bond acceptors (Lipinski definition) is 3. The molecule has 0 radical (unpaired) electrons. The van der Waals surface area contributed by atoms with E-state index in [0.29, 0.717) is 6.04 Å². The van der Waals surface area contributed by atoms with E-state index in [2.05, 4.69) is 10.3 Å². The second kappa shape index (κ2) is 4.94. The Hall–Kier alpha value is -0.610. The van der Waals surface area contributed by atoms with E-state index in [1.807, 2.05) is 12.1 Å². The summed E-state index contributed by atoms with van der Waals surface area (Å²) in [4.78, 5) is 11.7. The van der Waals surface area contributed by atoms with Crippen molar-refractivity contribution in [2.75, 3.05) is 26.7 Å². The topological polar surface area (TPSA) is 35.6 Å². The molecular weight excluding hydrogens is 190 g/mol. The molecule has 2 rings (SSSR count). The van der Waals surface area contributed by atoms with Gasteiger partial charge in [-0.25, -0.2) is 5.01 Å². The molecule has 15 heavy (non-hydrogen) atoms. The molecule has 1 N–H and O–H groups in total. The van der Waals surface area contributed by atoms with E-state index >= 15 is 0 Å². The number of nitrogens with one attached hydrogen (secondary N) is 1. The Morgan fingerprint density at radius 2 is 2.27 bits per heavy atom. The summed E-state index contributed by atoms with van der Waals surface area (Å²) in [6.07, 6.45) is 5.50. The number of nitrogens with zero attached hydrogens (tertiary/aromatic N) is 2. The van der Waals surface area contributed by atoms with Gasteiger partial charge in [0.1, 0.15) is 0 Å². The molecule has 0 aromatic rings. The first-order valence-electron chi connectivity index (χ1n) is 6.02. The highest BCUT2D eigenvalue weighted by Gasteiger charge is 2.26. The van der Waals surface area contributed by atoms with E-state index in [-0.39, 0.29) is 5.91 Å². The lowest BCUT2D eigenvalue weighted by molar-refractivity contribution is -0.153. The summed E-state index contributed by atoms with van der Waals surface area (Å²) in [5.41, 5.74) is 0. The minimum atomic E-state index is 0.288. The third-order valence-corrected chi connectivity index (χ3v) is 3.38. The van der Waals surface area contributed by atoms with Crippen LogP contribution in [0.3, 0.4) is 0 Å². The van der Waals surface area contributed by atoms with Crippen LogP contribution in [0, 0.1) is 0 Å². The van der Waals surface area contributed by atoms with Gasteiger partial charge < -0.3 is 5.32 Å². The van der Waals surface area contributed by atoms with Crippen LogP contribution in [0.15, 0.2) is 0 Å². The van der Waals surface area contributed by atoms with Crippen molar-refractivity contribution in [3.05, 3.63) is 0 Å². The quantitative estimate of drug-likeness (QED) is 0.726. The van der Waals surface area contributed by atoms with Crippen LogP contribution in [0.1, 0.15) is 32.1 Å². The SMILES string of the molecule is CN1CCCC(=O)N1CC1CCCCN1. The predicted molar refractivity (Wildman–Crippen MR) is 59.2 cm³/mol. The maximum absolute atomic E-state index is 11.7. The Morgan fingerprint density at radius 3 is 2.93 bits per heavy atom. The van der Waals surface area contributed by atoms with E-state index in [1.54, 1.807) is 0 Å². The van der Waals surface area contributed by atoms with Crippen molar-refractivity contribution in [2.45, 2.75) is 38.1 Å². The average Bonchev–Trinajstić information content (AvgIpc) is 2.25. The summed E-state index contributed by atoms with van der Waals surface area (Å²) < 4.78 is 0. The minimum Gasteiger partial charge on any atom is -0.312 e. The lowest BCUT2D eigenvalue weighted by Gasteiger charge is -2.39. The second-order valence-corrected chi connectivity index (χ2v) is 4.61. The van der Waals surface area contributed by atoms with Gasteiger partial charge in [-0.1, -0.05) is 6.42 Å². The third-order valence-electron chi connectivity index (χ3n) is 3.38. The highest BCUT2D eigenvalue weighted by molar-refractivity contribution is 5.76. The summed E-state index contributed by atoms with van der Waals surface area (Å²) in [5, 5.41) is 7.48. The Morgan fingerprint density at radius 1 is 1.40 bits per heavy atom. The molecule has 2 aliphatic rings. The van der Waals surface area contributed by atoms with Gasteiger partial charge in [-0.15, -0.1) is 0 Å². The van der Waals surface area contributed by atoms with E-state index in [1.165, 1.54) is 19.3 Å². The van der Waals surface area contributed by atoms with Gasteiger partial charge in [-0.3, -0.25) is 9.80 Å². The van der Waals surface area contributed by atoms with Crippen LogP contribution in [0.2, 0.25) is 0 Å². The summed E-state index contributed by atoms with van der Waals surface area (Å²) in [6, 6.07) is 0.503. The number of hydrogen-bond donors (Lipinski definition) is 1. The van der Waals surface area contributed by atoms with Crippen molar-refractivity contribution in [3.63, 3.8) is 0 Å². The molecular formula is C11H21N3O. The van der Waals surface area contributed by atoms with Crippen LogP contribution in [-0.4, -0.2) is 48.6 Å². The van der Waals surface area contributed by atoms with E-state index in [0.717, 1.165) is 32.5 Å². The van der Waals surface area contributed by atoms with E-state index < -0.39 is 0 Å². The number of carbonyl (C=O) groups is 1. The van der Waals surface area contributed by atoms with Gasteiger partial charge >= 0.3 is 0 Å². The van der Waals surface area contributed by atoms with Crippen LogP contribution < -0.4 is 5.32 Å². The average molecular weight is 211 g/mol. The number of piperidine rings is 1. The molecule has 2 fully saturated rings. The molecule has 2 heterocycles. The van der Waals surface area contributed by atoms with Gasteiger partial charge in [-0.05, 0) is 25.8 Å². The number of amides is 1. The lowest BCUT2D eigenvalue weighted by Crippen LogP contribution is -2.54. The first kappa shape index (κ1) is 10.9. The largest absolute Gasteiger partial charge is 0.312 e. The van der Waals surface area contributed by atoms with Crippen LogP contribution in [0.4, 0.5) is 0 Å². The van der Waals surface area contributed by atoms with E-state index in [4.69, 9.17) is 0 Å². The van der Waals surface area contributed by atoms with Crippen molar-refractivity contribution < 1.29 is 4.79 Å². The number of carbonyl (C=O) groups excluding carboxylic acids is 1. The zero-order valence-electron chi connectivity index (χ0n) is 9.54. The standard InChI is InChI=1S/C11H21N3O/c1-13-8-4-6-11(15)14(13)9-10-5-2-3-7-12-10/h10,12H,2-9H2,1H3. The van der Waals surface area contributed by atoms with Gasteiger partial charge in [0.2, 0.25) is 5.91 Å². The molecule has 0 saturated carbocycles. The molecule has 1 unspecified atom stereocenters. The van der Waals surface area contributed by atoms with Crippen molar-refractivity contribution in [3.8, 4) is 0 Å². The normalized spacial score (nSPS) is 29.5. The van der Waals surface area contributed by atoms with Crippen LogP contribution in [-0.2, 0) is 4.79 Å². The molecule has 2 saturated heterocycles. The summed E-state index contributed by atoms with van der Waals surface area (Å²) in [6.45, 7) is 2.98. The molecule has 1 amide bonds. The fourth-order valence-corrected chi connectivity index (χ4v) is 2.43. The molecule has 0 spiro atoms. The molecule has 0 aromatic carbocycles. The van der Waals surface area contributed by atoms with Gasteiger partial charge in [0, 0.05) is 26.1 Å². The molecule has 4 nitrogen and oxygen atoms in total. The van der Waals surface area contributed by atoms with Gasteiger partial charge in [0.15, 0.2) is 0 Å². The molecule has 0 aromatic heterocycles. The fourth-order valence-electron chi connectivity index (χ4n) is 2.43. The van der Waals surface area contributed by atoms with Gasteiger partial charge in [0.05, 0.1) is 6.54 Å². The number of hydrazine groups is 1. The Bertz CT molecular complexity index is 226. The maximum atomic E-state index is 11.7. The fraction of sp³-hybridized carbons (Fsp3) is 0.909. The van der Waals surface area contributed by atoms with Crippen LogP contribution >= 0.6 is 0 Å². The highest BCUT2D eigenvalue weighted by atomic mass is 16.2. The highest BCUT2D eigenvalue weighted by Crippen LogP contribution is 2.14. The zero-order chi connectivity index (χ0) is 10.7. The molecule has 2 aliphatic heterocycles. The molecule has 0 aliphatic carbocycles. The minimum absolute atomic E-state index is 0.288. The molecule has 4 heteroatoms. The zero-order valence-corrected chi connectivity index (χ0v) is 9.54. The summed E-state index contributed by atoms with van der Waals surface area (Å²) in [7, 11) is 2.01. The van der Waals surface area contributed by atoms with Crippen molar-refractivity contribution in [2.24, 2.45) is 0 Å². The first-order valence-corrected chi connectivity index (χ1v) is 6.02. The van der Waals surface area contributed by atoms with Crippen molar-refractivity contribution in [1.82, 2.24) is 15.3 Å². The van der Waals surface area contributed by atoms with Gasteiger partial charge in [0.25, 0.3) is 0 Å². The van der Waals surface area contributed by atoms with Crippen molar-refractivity contribution >= 4 is 5.91 Å². The van der Waals surface area contributed by atoms with Crippen molar-refractivity contribution in [1.29, 1.82) is 0 Å². The molecule has 0 bridgehead atoms. The van der Waals surface area contributed by atoms with Crippen LogP contribution in [0.25, 0.3) is 0 Å². The predicted octanol–water partition coefficient (Wildman–Crippen LogP) is 0.598. The summed E-state index contributed by atoms with van der Waals surface area (Å²) in [5.74, 6) is 0.288. The first-order chi connectivity index (χ1) is 7.27. The Balaban J connectivity index is 1.87. The Labute approximate surface area is 91.6 Å². The van der Waals surface area contributed by atoms with Crippen LogP contribution in [0.5, 0.6) is 0 Å². The molecule has 1 atom stereocenters. The Kier molecular flexibility index (Phi) is 3.59. The molecule has 86 valence electrons. The smallest absolute Gasteiger partial charge is 0.236 e. The summed E-state index contributed by atoms with van der Waals surface area (Å²) >= 11 is 0. The van der Waals surface area contributed by atoms with Gasteiger partial charge in [-0.2, -0.15) is 0 Å². The second-order valence-electron chi connectivity index (χ2n) is 4.61. The number of rotatable bonds is 2. The monoisotopic (exact) mass is 211 g/mol.